The highest BCUT2D eigenvalue weighted by atomic mass is 16.5. The van der Waals surface area contributed by atoms with Crippen molar-refractivity contribution in [3.63, 3.8) is 0 Å². The van der Waals surface area contributed by atoms with E-state index in [2.05, 4.69) is 10.6 Å². The molecule has 0 saturated carbocycles. The van der Waals surface area contributed by atoms with Crippen molar-refractivity contribution in [2.75, 3.05) is 13.2 Å². The summed E-state index contributed by atoms with van der Waals surface area (Å²) in [7, 11) is 0. The molecule has 2 heterocycles. The molecule has 3 N–H and O–H groups in total. The SMILES string of the molecule is Cc1c(C)c2c(OCC(=O)NCC(=O)N[C@H](C(=O)O)C(C)C)cc3c(c2oc1=O)CCC(C)(C)O3. The van der Waals surface area contributed by atoms with Crippen molar-refractivity contribution in [3.8, 4) is 11.5 Å². The van der Waals surface area contributed by atoms with Crippen LogP contribution < -0.4 is 25.7 Å². The van der Waals surface area contributed by atoms with Gasteiger partial charge in [-0.2, -0.15) is 0 Å². The van der Waals surface area contributed by atoms with Crippen molar-refractivity contribution in [3.05, 3.63) is 33.2 Å². The van der Waals surface area contributed by atoms with E-state index in [9.17, 15) is 24.3 Å². The number of amides is 2. The summed E-state index contributed by atoms with van der Waals surface area (Å²) >= 11 is 0. The Kier molecular flexibility index (Phi) is 7.42. The topological polar surface area (TPSA) is 144 Å². The first-order valence-corrected chi connectivity index (χ1v) is 11.5. The molecule has 0 aliphatic carbocycles. The number of rotatable bonds is 8. The predicted molar refractivity (Wildman–Crippen MR) is 128 cm³/mol. The van der Waals surface area contributed by atoms with E-state index in [-0.39, 0.29) is 5.92 Å². The second kappa shape index (κ2) is 9.97. The lowest BCUT2D eigenvalue weighted by Crippen LogP contribution is -2.48. The average molecular weight is 489 g/mol. The van der Waals surface area contributed by atoms with Crippen LogP contribution in [0.15, 0.2) is 15.3 Å². The van der Waals surface area contributed by atoms with Gasteiger partial charge in [0.05, 0.1) is 11.9 Å². The molecule has 0 fully saturated rings. The number of aliphatic carboxylic acids is 1. The number of carboxylic acid groups (broad SMARTS) is 1. The summed E-state index contributed by atoms with van der Waals surface area (Å²) in [4.78, 5) is 48.0. The second-order valence-corrected chi connectivity index (χ2v) is 9.75. The van der Waals surface area contributed by atoms with Crippen molar-refractivity contribution in [2.24, 2.45) is 5.92 Å². The van der Waals surface area contributed by atoms with Gasteiger partial charge in [-0.25, -0.2) is 9.59 Å². The monoisotopic (exact) mass is 488 g/mol. The van der Waals surface area contributed by atoms with Crippen LogP contribution in [0, 0.1) is 19.8 Å². The Bertz CT molecular complexity index is 1230. The first kappa shape index (κ1) is 26.1. The Morgan fingerprint density at radius 2 is 1.86 bits per heavy atom. The smallest absolute Gasteiger partial charge is 0.339 e. The highest BCUT2D eigenvalue weighted by Gasteiger charge is 2.31. The zero-order valence-corrected chi connectivity index (χ0v) is 20.9. The molecule has 2 amide bonds. The number of hydrogen-bond acceptors (Lipinski definition) is 7. The van der Waals surface area contributed by atoms with Crippen LogP contribution in [0.5, 0.6) is 11.5 Å². The Morgan fingerprint density at radius 3 is 2.49 bits per heavy atom. The normalized spacial score (nSPS) is 15.2. The largest absolute Gasteiger partial charge is 0.487 e. The van der Waals surface area contributed by atoms with Gasteiger partial charge in [-0.05, 0) is 52.0 Å². The fourth-order valence-corrected chi connectivity index (χ4v) is 3.96. The van der Waals surface area contributed by atoms with E-state index < -0.39 is 48.2 Å². The van der Waals surface area contributed by atoms with Crippen LogP contribution >= 0.6 is 0 Å². The maximum atomic E-state index is 12.4. The summed E-state index contributed by atoms with van der Waals surface area (Å²) in [5, 5.41) is 14.6. The summed E-state index contributed by atoms with van der Waals surface area (Å²) in [6.45, 7) is 9.92. The first-order valence-electron chi connectivity index (χ1n) is 11.5. The third-order valence-electron chi connectivity index (χ3n) is 6.16. The lowest BCUT2D eigenvalue weighted by Gasteiger charge is -2.33. The molecule has 1 aromatic heterocycles. The van der Waals surface area contributed by atoms with Crippen molar-refractivity contribution in [1.29, 1.82) is 0 Å². The fourth-order valence-electron chi connectivity index (χ4n) is 3.96. The summed E-state index contributed by atoms with van der Waals surface area (Å²) in [6.07, 6.45) is 1.41. The van der Waals surface area contributed by atoms with E-state index in [1.54, 1.807) is 33.8 Å². The number of hydrogen-bond donors (Lipinski definition) is 3. The molecule has 3 rings (SSSR count). The molecule has 10 heteroatoms. The molecule has 35 heavy (non-hydrogen) atoms. The maximum absolute atomic E-state index is 12.4. The van der Waals surface area contributed by atoms with Crippen molar-refractivity contribution >= 4 is 28.8 Å². The van der Waals surface area contributed by atoms with E-state index in [1.807, 2.05) is 13.8 Å². The number of ether oxygens (including phenoxy) is 2. The van der Waals surface area contributed by atoms with Gasteiger partial charge in [-0.1, -0.05) is 13.8 Å². The number of benzene rings is 1. The molecule has 0 radical (unpaired) electrons. The molecule has 190 valence electrons. The molecule has 0 bridgehead atoms. The van der Waals surface area contributed by atoms with Gasteiger partial charge in [-0.15, -0.1) is 0 Å². The minimum absolute atomic E-state index is 0.313. The van der Waals surface area contributed by atoms with E-state index in [4.69, 9.17) is 13.9 Å². The van der Waals surface area contributed by atoms with Gasteiger partial charge in [0.2, 0.25) is 5.91 Å². The zero-order valence-electron chi connectivity index (χ0n) is 20.9. The quantitative estimate of drug-likeness (QED) is 0.480. The van der Waals surface area contributed by atoms with Gasteiger partial charge in [0.25, 0.3) is 5.91 Å². The molecule has 0 spiro atoms. The van der Waals surface area contributed by atoms with Crippen LogP contribution in [-0.4, -0.2) is 47.7 Å². The number of fused-ring (bicyclic) bond motifs is 3. The van der Waals surface area contributed by atoms with Crippen LogP contribution in [0.4, 0.5) is 0 Å². The number of carbonyl (C=O) groups is 3. The average Bonchev–Trinajstić information content (AvgIpc) is 2.76. The standard InChI is InChI=1S/C25H32N2O8/c1-12(2)21(23(30)31)27-18(28)10-26-19(29)11-33-17-9-16-15(7-8-25(5,6)35-16)22-20(17)13(3)14(4)24(32)34-22/h9,12,21H,7-8,10-11H2,1-6H3,(H,26,29)(H,27,28)(H,30,31)/t21-/m0/s1. The number of carboxylic acids is 1. The minimum Gasteiger partial charge on any atom is -0.487 e. The van der Waals surface area contributed by atoms with Crippen molar-refractivity contribution < 1.29 is 33.4 Å². The third-order valence-corrected chi connectivity index (χ3v) is 6.16. The zero-order chi connectivity index (χ0) is 26.1. The third kappa shape index (κ3) is 5.75. The summed E-state index contributed by atoms with van der Waals surface area (Å²) in [6, 6.07) is 0.646. The Labute approximate surface area is 203 Å². The number of carbonyl (C=O) groups excluding carboxylic acids is 2. The second-order valence-electron chi connectivity index (χ2n) is 9.75. The fraction of sp³-hybridized carbons (Fsp3) is 0.520. The molecular weight excluding hydrogens is 456 g/mol. The lowest BCUT2D eigenvalue weighted by molar-refractivity contribution is -0.143. The first-order chi connectivity index (χ1) is 16.3. The van der Waals surface area contributed by atoms with E-state index >= 15 is 0 Å². The molecule has 0 saturated heterocycles. The molecular formula is C25H32N2O8. The summed E-state index contributed by atoms with van der Waals surface area (Å²) in [5.41, 5.74) is 1.45. The van der Waals surface area contributed by atoms with Gasteiger partial charge >= 0.3 is 11.6 Å². The Hall–Kier alpha value is -3.56. The van der Waals surface area contributed by atoms with Crippen molar-refractivity contribution in [2.45, 2.75) is 66.0 Å². The molecule has 1 aliphatic rings. The van der Waals surface area contributed by atoms with Crippen LogP contribution in [0.25, 0.3) is 11.0 Å². The maximum Gasteiger partial charge on any atom is 0.339 e. The molecule has 10 nitrogen and oxygen atoms in total. The molecule has 1 aliphatic heterocycles. The van der Waals surface area contributed by atoms with Crippen LogP contribution in [0.3, 0.4) is 0 Å². The minimum atomic E-state index is -1.15. The van der Waals surface area contributed by atoms with Gasteiger partial charge in [0, 0.05) is 17.2 Å². The molecule has 1 aromatic carbocycles. The Balaban J connectivity index is 1.78. The highest BCUT2D eigenvalue weighted by molar-refractivity contribution is 5.93. The molecule has 1 atom stereocenters. The molecule has 0 unspecified atom stereocenters. The number of aryl methyl sites for hydroxylation is 2. The molecule has 2 aromatic rings. The van der Waals surface area contributed by atoms with Gasteiger partial charge in [-0.3, -0.25) is 9.59 Å². The van der Waals surface area contributed by atoms with E-state index in [1.165, 1.54) is 0 Å². The predicted octanol–water partition coefficient (Wildman–Crippen LogP) is 2.23. The number of nitrogens with one attached hydrogen (secondary N) is 2. The van der Waals surface area contributed by atoms with Gasteiger partial charge < -0.3 is 29.6 Å². The Morgan fingerprint density at radius 1 is 1.17 bits per heavy atom. The lowest BCUT2D eigenvalue weighted by atomic mass is 9.92. The van der Waals surface area contributed by atoms with Crippen LogP contribution in [0.2, 0.25) is 0 Å². The van der Waals surface area contributed by atoms with Crippen molar-refractivity contribution in [1.82, 2.24) is 10.6 Å². The van der Waals surface area contributed by atoms with Gasteiger partial charge in [0.1, 0.15) is 28.7 Å². The van der Waals surface area contributed by atoms with E-state index in [0.717, 1.165) is 12.0 Å². The summed E-state index contributed by atoms with van der Waals surface area (Å²) < 4.78 is 17.5. The van der Waals surface area contributed by atoms with Gasteiger partial charge in [0.15, 0.2) is 6.61 Å². The summed E-state index contributed by atoms with van der Waals surface area (Å²) in [5.74, 6) is -1.80. The van der Waals surface area contributed by atoms with E-state index in [0.29, 0.717) is 40.0 Å². The van der Waals surface area contributed by atoms with Crippen LogP contribution in [0.1, 0.15) is 50.8 Å². The highest BCUT2D eigenvalue weighted by Crippen LogP contribution is 2.43. The van der Waals surface area contributed by atoms with Crippen LogP contribution in [-0.2, 0) is 20.8 Å².